The third kappa shape index (κ3) is 3.95. The van der Waals surface area contributed by atoms with Crippen molar-refractivity contribution in [2.24, 2.45) is 0 Å². The first-order valence-corrected chi connectivity index (χ1v) is 8.05. The van der Waals surface area contributed by atoms with Crippen molar-refractivity contribution in [2.75, 3.05) is 23.7 Å². The summed E-state index contributed by atoms with van der Waals surface area (Å²) in [6.45, 7) is 12.6. The standard InChI is InChI=1S/C15H25N3OS/c1-10-8-18(9-11(2)20-10)13-7-6-12(16)14(17-13)19-15(3,4)5/h6-7,10-11H,8-9,16H2,1-5H3. The van der Waals surface area contributed by atoms with E-state index in [-0.39, 0.29) is 5.60 Å². The number of rotatable bonds is 2. The van der Waals surface area contributed by atoms with Crippen molar-refractivity contribution in [1.29, 1.82) is 0 Å². The van der Waals surface area contributed by atoms with E-state index in [1.807, 2.05) is 44.7 Å². The fraction of sp³-hybridized carbons (Fsp3) is 0.667. The number of hydrogen-bond acceptors (Lipinski definition) is 5. The molecule has 0 saturated carbocycles. The lowest BCUT2D eigenvalue weighted by molar-refractivity contribution is 0.125. The van der Waals surface area contributed by atoms with Crippen LogP contribution in [0.4, 0.5) is 11.5 Å². The Labute approximate surface area is 126 Å². The summed E-state index contributed by atoms with van der Waals surface area (Å²) in [4.78, 5) is 6.94. The molecule has 1 aromatic rings. The Hall–Kier alpha value is -1.10. The topological polar surface area (TPSA) is 51.4 Å². The Morgan fingerprint density at radius 3 is 2.40 bits per heavy atom. The molecule has 1 aliphatic heterocycles. The zero-order chi connectivity index (χ0) is 14.9. The van der Waals surface area contributed by atoms with Crippen LogP contribution < -0.4 is 15.4 Å². The predicted octanol–water partition coefficient (Wildman–Crippen LogP) is 3.17. The molecule has 2 rings (SSSR count). The molecule has 2 heterocycles. The molecule has 20 heavy (non-hydrogen) atoms. The highest BCUT2D eigenvalue weighted by Crippen LogP contribution is 2.31. The van der Waals surface area contributed by atoms with Crippen molar-refractivity contribution in [3.63, 3.8) is 0 Å². The van der Waals surface area contributed by atoms with Crippen LogP contribution in [0.2, 0.25) is 0 Å². The summed E-state index contributed by atoms with van der Waals surface area (Å²) in [6, 6.07) is 3.88. The van der Waals surface area contributed by atoms with E-state index < -0.39 is 0 Å². The molecule has 0 aromatic carbocycles. The van der Waals surface area contributed by atoms with E-state index >= 15 is 0 Å². The minimum absolute atomic E-state index is 0.294. The maximum atomic E-state index is 5.97. The first-order chi connectivity index (χ1) is 9.24. The molecular formula is C15H25N3OS. The van der Waals surface area contributed by atoms with Gasteiger partial charge in [0.1, 0.15) is 11.4 Å². The van der Waals surface area contributed by atoms with E-state index in [2.05, 4.69) is 23.7 Å². The van der Waals surface area contributed by atoms with Crippen LogP contribution in [0, 0.1) is 0 Å². The molecule has 1 saturated heterocycles. The lowest BCUT2D eigenvalue weighted by atomic mass is 10.2. The Morgan fingerprint density at radius 2 is 1.85 bits per heavy atom. The maximum absolute atomic E-state index is 5.97. The summed E-state index contributed by atoms with van der Waals surface area (Å²) < 4.78 is 5.85. The quantitative estimate of drug-likeness (QED) is 0.908. The van der Waals surface area contributed by atoms with E-state index in [0.29, 0.717) is 22.1 Å². The molecule has 5 heteroatoms. The van der Waals surface area contributed by atoms with E-state index in [0.717, 1.165) is 18.9 Å². The van der Waals surface area contributed by atoms with E-state index in [4.69, 9.17) is 10.5 Å². The Balaban J connectivity index is 2.22. The first-order valence-electron chi connectivity index (χ1n) is 7.10. The Morgan fingerprint density at radius 1 is 1.25 bits per heavy atom. The van der Waals surface area contributed by atoms with Gasteiger partial charge >= 0.3 is 0 Å². The molecule has 0 amide bonds. The summed E-state index contributed by atoms with van der Waals surface area (Å²) in [6.07, 6.45) is 0. The van der Waals surface area contributed by atoms with Crippen LogP contribution in [0.25, 0.3) is 0 Å². The van der Waals surface area contributed by atoms with Gasteiger partial charge in [-0.1, -0.05) is 13.8 Å². The first kappa shape index (κ1) is 15.3. The van der Waals surface area contributed by atoms with Gasteiger partial charge in [0.25, 0.3) is 0 Å². The highest BCUT2D eigenvalue weighted by atomic mass is 32.2. The zero-order valence-electron chi connectivity index (χ0n) is 13.0. The molecule has 2 unspecified atom stereocenters. The minimum Gasteiger partial charge on any atom is -0.470 e. The summed E-state index contributed by atoms with van der Waals surface area (Å²) >= 11 is 2.03. The van der Waals surface area contributed by atoms with Crippen LogP contribution in [-0.2, 0) is 0 Å². The van der Waals surface area contributed by atoms with Gasteiger partial charge in [0.15, 0.2) is 0 Å². The minimum atomic E-state index is -0.294. The third-order valence-corrected chi connectivity index (χ3v) is 4.25. The largest absolute Gasteiger partial charge is 0.470 e. The van der Waals surface area contributed by atoms with Gasteiger partial charge in [0.2, 0.25) is 5.88 Å². The van der Waals surface area contributed by atoms with Crippen molar-refractivity contribution in [3.8, 4) is 5.88 Å². The van der Waals surface area contributed by atoms with E-state index in [1.54, 1.807) is 0 Å². The number of anilines is 2. The summed E-state index contributed by atoms with van der Waals surface area (Å²) in [5, 5.41) is 1.23. The summed E-state index contributed by atoms with van der Waals surface area (Å²) in [5.74, 6) is 1.49. The molecular weight excluding hydrogens is 270 g/mol. The molecule has 0 radical (unpaired) electrons. The number of nitrogens with zero attached hydrogens (tertiary/aromatic N) is 2. The Kier molecular flexibility index (Phi) is 4.37. The van der Waals surface area contributed by atoms with Crippen LogP contribution in [0.3, 0.4) is 0 Å². The third-order valence-electron chi connectivity index (χ3n) is 3.02. The van der Waals surface area contributed by atoms with Gasteiger partial charge < -0.3 is 15.4 Å². The molecule has 1 aliphatic rings. The van der Waals surface area contributed by atoms with Crippen LogP contribution in [0.5, 0.6) is 5.88 Å². The molecule has 2 N–H and O–H groups in total. The van der Waals surface area contributed by atoms with Crippen molar-refractivity contribution in [3.05, 3.63) is 12.1 Å². The lowest BCUT2D eigenvalue weighted by Crippen LogP contribution is -2.41. The maximum Gasteiger partial charge on any atom is 0.239 e. The fourth-order valence-electron chi connectivity index (χ4n) is 2.35. The van der Waals surface area contributed by atoms with Crippen molar-refractivity contribution >= 4 is 23.3 Å². The molecule has 0 bridgehead atoms. The molecule has 0 spiro atoms. The molecule has 112 valence electrons. The van der Waals surface area contributed by atoms with Gasteiger partial charge in [-0.3, -0.25) is 0 Å². The van der Waals surface area contributed by atoms with E-state index in [9.17, 15) is 0 Å². The van der Waals surface area contributed by atoms with Crippen molar-refractivity contribution in [2.45, 2.75) is 50.7 Å². The number of nitrogens with two attached hydrogens (primary N) is 1. The zero-order valence-corrected chi connectivity index (χ0v) is 13.8. The summed E-state index contributed by atoms with van der Waals surface area (Å²) in [7, 11) is 0. The van der Waals surface area contributed by atoms with Gasteiger partial charge in [-0.05, 0) is 32.9 Å². The van der Waals surface area contributed by atoms with E-state index in [1.165, 1.54) is 0 Å². The second-order valence-corrected chi connectivity index (χ2v) is 8.32. The second kappa shape index (κ2) is 5.72. The summed E-state index contributed by atoms with van der Waals surface area (Å²) in [5.41, 5.74) is 6.27. The molecule has 2 atom stereocenters. The van der Waals surface area contributed by atoms with Gasteiger partial charge in [0.05, 0.1) is 5.69 Å². The smallest absolute Gasteiger partial charge is 0.239 e. The number of hydrogen-bond donors (Lipinski definition) is 1. The fourth-order valence-corrected chi connectivity index (χ4v) is 3.68. The Bertz CT molecular complexity index is 463. The highest BCUT2D eigenvalue weighted by Gasteiger charge is 2.24. The number of thioether (sulfide) groups is 1. The van der Waals surface area contributed by atoms with Crippen molar-refractivity contribution in [1.82, 2.24) is 4.98 Å². The van der Waals surface area contributed by atoms with Gasteiger partial charge in [-0.25, -0.2) is 0 Å². The van der Waals surface area contributed by atoms with Crippen LogP contribution in [-0.4, -0.2) is 34.2 Å². The lowest BCUT2D eigenvalue weighted by Gasteiger charge is -2.35. The highest BCUT2D eigenvalue weighted by molar-refractivity contribution is 8.00. The van der Waals surface area contributed by atoms with Gasteiger partial charge in [-0.2, -0.15) is 16.7 Å². The SMILES string of the molecule is CC1CN(c2ccc(N)c(OC(C)(C)C)n2)CC(C)S1. The molecule has 0 aliphatic carbocycles. The normalized spacial score (nSPS) is 23.8. The predicted molar refractivity (Wildman–Crippen MR) is 87.8 cm³/mol. The van der Waals surface area contributed by atoms with Gasteiger partial charge in [-0.15, -0.1) is 0 Å². The monoisotopic (exact) mass is 295 g/mol. The van der Waals surface area contributed by atoms with Gasteiger partial charge in [0, 0.05) is 23.6 Å². The molecule has 1 fully saturated rings. The number of nitrogen functional groups attached to an aromatic ring is 1. The number of aromatic nitrogens is 1. The van der Waals surface area contributed by atoms with Crippen LogP contribution >= 0.6 is 11.8 Å². The van der Waals surface area contributed by atoms with Crippen molar-refractivity contribution < 1.29 is 4.74 Å². The average Bonchev–Trinajstić information content (AvgIpc) is 2.29. The molecule has 4 nitrogen and oxygen atoms in total. The van der Waals surface area contributed by atoms with Crippen LogP contribution in [0.15, 0.2) is 12.1 Å². The van der Waals surface area contributed by atoms with Crippen LogP contribution in [0.1, 0.15) is 34.6 Å². The number of pyridine rings is 1. The second-order valence-electron chi connectivity index (χ2n) is 6.44. The molecule has 1 aromatic heterocycles. The number of ether oxygens (including phenoxy) is 1. The average molecular weight is 295 g/mol.